The topological polar surface area (TPSA) is 60.1 Å². The summed E-state index contributed by atoms with van der Waals surface area (Å²) in [6.45, 7) is 1.37. The largest absolute Gasteiger partial charge is 0.349 e. The fourth-order valence-corrected chi connectivity index (χ4v) is 2.63. The molecule has 0 atom stereocenters. The van der Waals surface area contributed by atoms with Gasteiger partial charge < -0.3 is 9.88 Å². The van der Waals surface area contributed by atoms with Crippen LogP contribution in [0.25, 0.3) is 0 Å². The van der Waals surface area contributed by atoms with Gasteiger partial charge in [0.25, 0.3) is 5.69 Å². The highest BCUT2D eigenvalue weighted by Crippen LogP contribution is 2.24. The Kier molecular flexibility index (Phi) is 4.07. The van der Waals surface area contributed by atoms with Crippen molar-refractivity contribution in [3.8, 4) is 0 Å². The maximum Gasteiger partial charge on any atom is 0.275 e. The van der Waals surface area contributed by atoms with Gasteiger partial charge in [0.2, 0.25) is 0 Å². The molecule has 3 rings (SSSR count). The van der Waals surface area contributed by atoms with Crippen molar-refractivity contribution in [1.29, 1.82) is 0 Å². The van der Waals surface area contributed by atoms with Crippen molar-refractivity contribution in [2.24, 2.45) is 0 Å². The van der Waals surface area contributed by atoms with Crippen LogP contribution in [-0.2, 0) is 13.1 Å². The van der Waals surface area contributed by atoms with E-state index in [1.165, 1.54) is 18.4 Å². The van der Waals surface area contributed by atoms with Crippen LogP contribution in [0.2, 0.25) is 0 Å². The van der Waals surface area contributed by atoms with E-state index in [4.69, 9.17) is 0 Å². The molecule has 21 heavy (non-hydrogen) atoms. The summed E-state index contributed by atoms with van der Waals surface area (Å²) < 4.78 is 2.71. The lowest BCUT2D eigenvalue weighted by Crippen LogP contribution is -2.14. The van der Waals surface area contributed by atoms with E-state index in [1.54, 1.807) is 12.1 Å². The van der Waals surface area contributed by atoms with Gasteiger partial charge in [0, 0.05) is 41.1 Å². The zero-order chi connectivity index (χ0) is 14.8. The molecule has 0 spiro atoms. The third-order valence-corrected chi connectivity index (χ3v) is 4.07. The Morgan fingerprint density at radius 1 is 1.38 bits per heavy atom. The number of hydrogen-bond donors (Lipinski definition) is 1. The van der Waals surface area contributed by atoms with E-state index in [0.717, 1.165) is 11.0 Å². The molecule has 1 N–H and O–H groups in total. The van der Waals surface area contributed by atoms with E-state index in [1.807, 2.05) is 23.0 Å². The van der Waals surface area contributed by atoms with Gasteiger partial charge in [-0.05, 0) is 36.6 Å². The molecule has 1 aliphatic rings. The minimum Gasteiger partial charge on any atom is -0.349 e. The Hall–Kier alpha value is -1.66. The van der Waals surface area contributed by atoms with Crippen LogP contribution >= 0.6 is 15.9 Å². The van der Waals surface area contributed by atoms with E-state index in [0.29, 0.717) is 18.2 Å². The molecule has 1 heterocycles. The predicted octanol–water partition coefficient (Wildman–Crippen LogP) is 3.46. The van der Waals surface area contributed by atoms with Gasteiger partial charge >= 0.3 is 0 Å². The van der Waals surface area contributed by atoms with Gasteiger partial charge in [-0.1, -0.05) is 15.9 Å². The zero-order valence-electron chi connectivity index (χ0n) is 11.5. The predicted molar refractivity (Wildman–Crippen MR) is 84.2 cm³/mol. The van der Waals surface area contributed by atoms with E-state index in [-0.39, 0.29) is 10.6 Å². The van der Waals surface area contributed by atoms with Gasteiger partial charge in [-0.3, -0.25) is 10.1 Å². The molecule has 6 heteroatoms. The molecule has 0 saturated heterocycles. The molecule has 2 aromatic rings. The minimum atomic E-state index is -0.334. The number of hydrogen-bond acceptors (Lipinski definition) is 3. The summed E-state index contributed by atoms with van der Waals surface area (Å²) in [5.41, 5.74) is 2.07. The summed E-state index contributed by atoms with van der Waals surface area (Å²) in [5.74, 6) is 0. The summed E-state index contributed by atoms with van der Waals surface area (Å²) in [5, 5.41) is 14.6. The second-order valence-corrected chi connectivity index (χ2v) is 6.29. The highest BCUT2D eigenvalue weighted by molar-refractivity contribution is 9.10. The molecule has 110 valence electrons. The van der Waals surface area contributed by atoms with Gasteiger partial charge in [0.15, 0.2) is 0 Å². The number of rotatable bonds is 6. The molecule has 1 saturated carbocycles. The number of halogens is 1. The minimum absolute atomic E-state index is 0.149. The first-order valence-corrected chi connectivity index (χ1v) is 7.72. The maximum atomic E-state index is 11.1. The van der Waals surface area contributed by atoms with Crippen LogP contribution in [0.5, 0.6) is 0 Å². The number of benzene rings is 1. The number of nitrogens with one attached hydrogen (secondary N) is 1. The number of nitro benzene ring substituents is 1. The van der Waals surface area contributed by atoms with Crippen LogP contribution in [0, 0.1) is 10.1 Å². The van der Waals surface area contributed by atoms with Crippen molar-refractivity contribution in [2.75, 3.05) is 0 Å². The van der Waals surface area contributed by atoms with E-state index in [2.05, 4.69) is 27.3 Å². The first-order valence-electron chi connectivity index (χ1n) is 6.92. The van der Waals surface area contributed by atoms with Gasteiger partial charge in [-0.2, -0.15) is 0 Å². The summed E-state index contributed by atoms with van der Waals surface area (Å²) >= 11 is 3.27. The summed E-state index contributed by atoms with van der Waals surface area (Å²) in [7, 11) is 0. The highest BCUT2D eigenvalue weighted by atomic mass is 79.9. The molecule has 1 aromatic carbocycles. The quantitative estimate of drug-likeness (QED) is 0.641. The first kappa shape index (κ1) is 14.3. The molecule has 1 aromatic heterocycles. The number of nitro groups is 1. The molecular formula is C15H16BrN3O2. The van der Waals surface area contributed by atoms with Crippen LogP contribution in [0.4, 0.5) is 5.69 Å². The Balaban J connectivity index is 1.72. The van der Waals surface area contributed by atoms with Crippen LogP contribution in [0.1, 0.15) is 24.0 Å². The van der Waals surface area contributed by atoms with Crippen LogP contribution in [-0.4, -0.2) is 15.5 Å². The highest BCUT2D eigenvalue weighted by Gasteiger charge is 2.20. The summed E-state index contributed by atoms with van der Waals surface area (Å²) in [4.78, 5) is 10.8. The third kappa shape index (κ3) is 3.71. The molecule has 1 aliphatic carbocycles. The van der Waals surface area contributed by atoms with Crippen molar-refractivity contribution in [3.63, 3.8) is 0 Å². The smallest absolute Gasteiger partial charge is 0.275 e. The summed E-state index contributed by atoms with van der Waals surface area (Å²) in [6, 6.07) is 7.92. The fourth-order valence-electron chi connectivity index (χ4n) is 2.28. The van der Waals surface area contributed by atoms with Crippen molar-refractivity contribution >= 4 is 21.6 Å². The van der Waals surface area contributed by atoms with Gasteiger partial charge in [-0.15, -0.1) is 0 Å². The standard InChI is InChI=1S/C15H16BrN3O2/c16-13-2-1-12(15(7-13)19(20)21)10-18-6-5-11(9-18)8-17-14-3-4-14/h1-2,5-7,9,14,17H,3-4,8,10H2. The molecule has 0 unspecified atom stereocenters. The third-order valence-electron chi connectivity index (χ3n) is 3.58. The lowest BCUT2D eigenvalue weighted by molar-refractivity contribution is -0.385. The Morgan fingerprint density at radius 2 is 2.19 bits per heavy atom. The van der Waals surface area contributed by atoms with Gasteiger partial charge in [0.05, 0.1) is 11.5 Å². The van der Waals surface area contributed by atoms with Crippen LogP contribution in [0.15, 0.2) is 41.1 Å². The van der Waals surface area contributed by atoms with Gasteiger partial charge in [0.1, 0.15) is 0 Å². The number of nitrogens with zero attached hydrogens (tertiary/aromatic N) is 2. The first-order chi connectivity index (χ1) is 10.1. The van der Waals surface area contributed by atoms with Crippen molar-refractivity contribution < 1.29 is 4.92 Å². The van der Waals surface area contributed by atoms with Crippen molar-refractivity contribution in [3.05, 3.63) is 62.4 Å². The second kappa shape index (κ2) is 5.99. The van der Waals surface area contributed by atoms with Gasteiger partial charge in [-0.25, -0.2) is 0 Å². The molecule has 0 amide bonds. The average molecular weight is 350 g/mol. The van der Waals surface area contributed by atoms with Crippen molar-refractivity contribution in [1.82, 2.24) is 9.88 Å². The van der Waals surface area contributed by atoms with Crippen LogP contribution < -0.4 is 5.32 Å². The van der Waals surface area contributed by atoms with Crippen LogP contribution in [0.3, 0.4) is 0 Å². The van der Waals surface area contributed by atoms with Crippen molar-refractivity contribution in [2.45, 2.75) is 32.0 Å². The van der Waals surface area contributed by atoms with E-state index >= 15 is 0 Å². The SMILES string of the molecule is O=[N+]([O-])c1cc(Br)ccc1Cn1ccc(CNC2CC2)c1. The number of aromatic nitrogens is 1. The molecule has 0 bridgehead atoms. The lowest BCUT2D eigenvalue weighted by atomic mass is 10.2. The molecule has 0 radical (unpaired) electrons. The Morgan fingerprint density at radius 3 is 2.90 bits per heavy atom. The molecular weight excluding hydrogens is 334 g/mol. The molecule has 1 fully saturated rings. The van der Waals surface area contributed by atoms with E-state index in [9.17, 15) is 10.1 Å². The molecule has 5 nitrogen and oxygen atoms in total. The Labute approximate surface area is 131 Å². The maximum absolute atomic E-state index is 11.1. The monoisotopic (exact) mass is 349 g/mol. The second-order valence-electron chi connectivity index (χ2n) is 5.38. The average Bonchev–Trinajstić information content (AvgIpc) is 3.18. The zero-order valence-corrected chi connectivity index (χ0v) is 13.0. The fraction of sp³-hybridized carbons (Fsp3) is 0.333. The normalized spacial score (nSPS) is 14.3. The Bertz CT molecular complexity index is 665. The molecule has 0 aliphatic heterocycles. The van der Waals surface area contributed by atoms with E-state index < -0.39 is 0 Å². The summed E-state index contributed by atoms with van der Waals surface area (Å²) in [6.07, 6.45) is 6.55. The lowest BCUT2D eigenvalue weighted by Gasteiger charge is -2.05.